The van der Waals surface area contributed by atoms with Crippen molar-refractivity contribution in [2.24, 2.45) is 0 Å². The van der Waals surface area contributed by atoms with Crippen molar-refractivity contribution < 1.29 is 9.47 Å². The average Bonchev–Trinajstić information content (AvgIpc) is 3.01. The van der Waals surface area contributed by atoms with Crippen LogP contribution in [0, 0.1) is 0 Å². The Balaban J connectivity index is 0.000000231. The molecule has 0 aliphatic heterocycles. The molecular weight excluding hydrogens is 478 g/mol. The monoisotopic (exact) mass is 511 g/mol. The van der Waals surface area contributed by atoms with Crippen LogP contribution in [0.3, 0.4) is 0 Å². The first-order valence-corrected chi connectivity index (χ1v) is 13.7. The highest BCUT2D eigenvalue weighted by molar-refractivity contribution is 6.13. The molecule has 6 aromatic rings. The minimum Gasteiger partial charge on any atom is -0.496 e. The van der Waals surface area contributed by atoms with E-state index in [1.54, 1.807) is 14.2 Å². The molecule has 1 aromatic heterocycles. The zero-order chi connectivity index (χ0) is 26.6. The molecule has 3 nitrogen and oxygen atoms in total. The quantitative estimate of drug-likeness (QED) is 0.221. The maximum Gasteiger partial charge on any atom is 0.131 e. The van der Waals surface area contributed by atoms with E-state index in [4.69, 9.17) is 9.47 Å². The highest BCUT2D eigenvalue weighted by atomic mass is 16.5. The van der Waals surface area contributed by atoms with Crippen LogP contribution in [-0.4, -0.2) is 19.2 Å². The predicted molar refractivity (Wildman–Crippen MR) is 162 cm³/mol. The Kier molecular flexibility index (Phi) is 7.14. The molecule has 0 bridgehead atoms. The minimum absolute atomic E-state index is 0.581. The summed E-state index contributed by atoms with van der Waals surface area (Å²) >= 11 is 0. The van der Waals surface area contributed by atoms with E-state index in [1.807, 2.05) is 36.7 Å². The van der Waals surface area contributed by atoms with Gasteiger partial charge < -0.3 is 9.47 Å². The fraction of sp³-hybridized carbons (Fsp3) is 0.194. The Morgan fingerprint density at radius 1 is 0.718 bits per heavy atom. The van der Waals surface area contributed by atoms with Crippen LogP contribution < -0.4 is 9.47 Å². The number of hydrogen-bond donors (Lipinski definition) is 0. The summed E-state index contributed by atoms with van der Waals surface area (Å²) in [6.07, 6.45) is 8.42. The van der Waals surface area contributed by atoms with Gasteiger partial charge in [0.2, 0.25) is 0 Å². The lowest BCUT2D eigenvalue weighted by Crippen LogP contribution is -2.12. The van der Waals surface area contributed by atoms with Crippen molar-refractivity contribution in [3.8, 4) is 11.5 Å². The molecule has 3 heteroatoms. The van der Waals surface area contributed by atoms with Crippen molar-refractivity contribution in [1.82, 2.24) is 4.98 Å². The predicted octanol–water partition coefficient (Wildman–Crippen LogP) is 8.91. The van der Waals surface area contributed by atoms with Crippen LogP contribution in [0.1, 0.15) is 35.4 Å². The lowest BCUT2D eigenvalue weighted by atomic mass is 9.77. The zero-order valence-electron chi connectivity index (χ0n) is 22.6. The van der Waals surface area contributed by atoms with Crippen LogP contribution >= 0.6 is 0 Å². The largest absolute Gasteiger partial charge is 0.496 e. The standard InChI is InChI=1S/C27H26O2.C9H7N/c1-28-25-13-7-12-23-22-15-14-20-19(16-18-8-4-3-5-9-18)10-6-11-21(20)24(22)17-26(29-2)27(23)25;1-2-4-9-7-10-6-5-8(9)3-1/h3-5,7-9,12-15,17,19H,6,10-11,16H2,1-2H3;1-7H. The Labute approximate surface area is 230 Å². The topological polar surface area (TPSA) is 31.4 Å². The molecular formula is C36H33NO2. The molecule has 0 saturated heterocycles. The van der Waals surface area contributed by atoms with Crippen LogP contribution in [0.2, 0.25) is 0 Å². The van der Waals surface area contributed by atoms with E-state index >= 15 is 0 Å². The Bertz CT molecular complexity index is 1680. The van der Waals surface area contributed by atoms with Gasteiger partial charge in [-0.3, -0.25) is 4.98 Å². The van der Waals surface area contributed by atoms with E-state index in [1.165, 1.54) is 56.5 Å². The molecule has 194 valence electrons. The average molecular weight is 512 g/mol. The van der Waals surface area contributed by atoms with Gasteiger partial charge in [0.05, 0.1) is 19.6 Å². The van der Waals surface area contributed by atoms with E-state index < -0.39 is 0 Å². The molecule has 1 unspecified atom stereocenters. The van der Waals surface area contributed by atoms with Gasteiger partial charge in [-0.25, -0.2) is 0 Å². The van der Waals surface area contributed by atoms with Gasteiger partial charge in [-0.1, -0.05) is 78.9 Å². The number of aromatic nitrogens is 1. The van der Waals surface area contributed by atoms with Crippen LogP contribution in [0.5, 0.6) is 11.5 Å². The van der Waals surface area contributed by atoms with Crippen molar-refractivity contribution in [3.63, 3.8) is 0 Å². The number of benzene rings is 5. The van der Waals surface area contributed by atoms with E-state index in [0.29, 0.717) is 5.92 Å². The summed E-state index contributed by atoms with van der Waals surface area (Å²) < 4.78 is 11.4. The molecule has 1 heterocycles. The Morgan fingerprint density at radius 2 is 1.51 bits per heavy atom. The van der Waals surface area contributed by atoms with Crippen LogP contribution in [0.15, 0.2) is 109 Å². The molecule has 0 N–H and O–H groups in total. The molecule has 0 fully saturated rings. The summed E-state index contributed by atoms with van der Waals surface area (Å²) in [6, 6.07) is 34.2. The maximum absolute atomic E-state index is 5.81. The third-order valence-electron chi connectivity index (χ3n) is 7.97. The number of ether oxygens (including phenoxy) is 2. The number of nitrogens with zero attached hydrogens (tertiary/aromatic N) is 1. The molecule has 0 saturated carbocycles. The van der Waals surface area contributed by atoms with Crippen molar-refractivity contribution in [2.75, 3.05) is 14.2 Å². The third kappa shape index (κ3) is 4.93. The summed E-state index contributed by atoms with van der Waals surface area (Å²) in [6.45, 7) is 0. The second-order valence-electron chi connectivity index (χ2n) is 10.2. The second-order valence-corrected chi connectivity index (χ2v) is 10.2. The van der Waals surface area contributed by atoms with Gasteiger partial charge in [0.15, 0.2) is 0 Å². The number of methoxy groups -OCH3 is 2. The number of hydrogen-bond acceptors (Lipinski definition) is 3. The van der Waals surface area contributed by atoms with Crippen LogP contribution in [0.25, 0.3) is 32.3 Å². The fourth-order valence-corrected chi connectivity index (χ4v) is 6.11. The van der Waals surface area contributed by atoms with Crippen molar-refractivity contribution in [3.05, 3.63) is 126 Å². The molecule has 0 radical (unpaired) electrons. The SMILES string of the molecule is COc1cccc2c1c(OC)cc1c3c(ccc12)C(Cc1ccccc1)CCC3.c1ccc2cnccc2c1. The molecule has 0 amide bonds. The van der Waals surface area contributed by atoms with Gasteiger partial charge in [0.25, 0.3) is 0 Å². The molecule has 7 rings (SSSR count). The molecule has 0 spiro atoms. The molecule has 1 aliphatic rings. The van der Waals surface area contributed by atoms with Crippen LogP contribution in [-0.2, 0) is 12.8 Å². The first-order chi connectivity index (χ1) is 19.3. The minimum atomic E-state index is 0.581. The van der Waals surface area contributed by atoms with E-state index in [9.17, 15) is 0 Å². The number of aryl methyl sites for hydroxylation is 1. The summed E-state index contributed by atoms with van der Waals surface area (Å²) in [5.41, 5.74) is 4.43. The highest BCUT2D eigenvalue weighted by Gasteiger charge is 2.24. The first kappa shape index (κ1) is 24.9. The van der Waals surface area contributed by atoms with Gasteiger partial charge in [-0.2, -0.15) is 0 Å². The summed E-state index contributed by atoms with van der Waals surface area (Å²) in [5.74, 6) is 2.34. The first-order valence-electron chi connectivity index (χ1n) is 13.7. The fourth-order valence-electron chi connectivity index (χ4n) is 6.11. The van der Waals surface area contributed by atoms with Gasteiger partial charge in [-0.05, 0) is 93.4 Å². The summed E-state index contributed by atoms with van der Waals surface area (Å²) in [7, 11) is 3.47. The highest BCUT2D eigenvalue weighted by Crippen LogP contribution is 2.44. The number of fused-ring (bicyclic) bond motifs is 6. The van der Waals surface area contributed by atoms with Crippen molar-refractivity contribution >= 4 is 32.3 Å². The van der Waals surface area contributed by atoms with Crippen molar-refractivity contribution in [2.45, 2.75) is 31.6 Å². The van der Waals surface area contributed by atoms with Gasteiger partial charge >= 0.3 is 0 Å². The van der Waals surface area contributed by atoms with E-state index in [-0.39, 0.29) is 0 Å². The Morgan fingerprint density at radius 3 is 2.31 bits per heavy atom. The number of pyridine rings is 1. The van der Waals surface area contributed by atoms with Gasteiger partial charge in [0, 0.05) is 12.4 Å². The maximum atomic E-state index is 5.81. The lowest BCUT2D eigenvalue weighted by molar-refractivity contribution is 0.405. The Hall–Kier alpha value is -4.37. The van der Waals surface area contributed by atoms with Gasteiger partial charge in [-0.15, -0.1) is 0 Å². The lowest BCUT2D eigenvalue weighted by Gasteiger charge is -2.27. The zero-order valence-corrected chi connectivity index (χ0v) is 22.6. The van der Waals surface area contributed by atoms with Gasteiger partial charge in [0.1, 0.15) is 11.5 Å². The molecule has 5 aromatic carbocycles. The van der Waals surface area contributed by atoms with Crippen LogP contribution in [0.4, 0.5) is 0 Å². The van der Waals surface area contributed by atoms with Crippen molar-refractivity contribution in [1.29, 1.82) is 0 Å². The third-order valence-corrected chi connectivity index (χ3v) is 7.97. The normalized spacial score (nSPS) is 14.5. The van der Waals surface area contributed by atoms with E-state index in [0.717, 1.165) is 29.7 Å². The smallest absolute Gasteiger partial charge is 0.131 e. The number of rotatable bonds is 4. The summed E-state index contributed by atoms with van der Waals surface area (Å²) in [5, 5.41) is 7.33. The molecule has 39 heavy (non-hydrogen) atoms. The summed E-state index contributed by atoms with van der Waals surface area (Å²) in [4.78, 5) is 4.01. The molecule has 1 aliphatic carbocycles. The molecule has 1 atom stereocenters. The second kappa shape index (κ2) is 11.2. The van der Waals surface area contributed by atoms with E-state index in [2.05, 4.69) is 77.8 Å².